The lowest BCUT2D eigenvalue weighted by Crippen LogP contribution is -2.33. The van der Waals surface area contributed by atoms with Gasteiger partial charge >= 0.3 is 0 Å². The molecule has 0 radical (unpaired) electrons. The van der Waals surface area contributed by atoms with Crippen LogP contribution >= 0.6 is 0 Å². The van der Waals surface area contributed by atoms with Crippen molar-refractivity contribution in [3.8, 4) is 6.07 Å². The molecule has 4 heteroatoms. The minimum atomic E-state index is -0.558. The molecule has 0 spiro atoms. The van der Waals surface area contributed by atoms with E-state index in [0.717, 1.165) is 6.42 Å². The molecule has 0 aromatic heterocycles. The smallest absolute Gasteiger partial charge is 0.239 e. The fourth-order valence-corrected chi connectivity index (χ4v) is 1.51. The molecule has 13 heavy (non-hydrogen) atoms. The molecule has 1 N–H and O–H groups in total. The van der Waals surface area contributed by atoms with Crippen molar-refractivity contribution in [3.05, 3.63) is 0 Å². The van der Waals surface area contributed by atoms with Crippen molar-refractivity contribution in [1.29, 1.82) is 5.26 Å². The first-order chi connectivity index (χ1) is 6.19. The first kappa shape index (κ1) is 10.0. The lowest BCUT2D eigenvalue weighted by atomic mass is 10.1. The first-order valence-corrected chi connectivity index (χ1v) is 4.48. The molecular weight excluding hydrogens is 168 g/mol. The molecule has 1 aliphatic rings. The summed E-state index contributed by atoms with van der Waals surface area (Å²) in [5.74, 6) is -0.467. The van der Waals surface area contributed by atoms with Crippen LogP contribution in [0.25, 0.3) is 0 Å². The van der Waals surface area contributed by atoms with Crippen LogP contribution < -0.4 is 0 Å². The maximum absolute atomic E-state index is 11.5. The predicted octanol–water partition coefficient (Wildman–Crippen LogP) is -0.0131. The van der Waals surface area contributed by atoms with Gasteiger partial charge in [-0.05, 0) is 13.3 Å². The van der Waals surface area contributed by atoms with E-state index in [9.17, 15) is 4.79 Å². The summed E-state index contributed by atoms with van der Waals surface area (Å²) in [7, 11) is 0. The summed E-state index contributed by atoms with van der Waals surface area (Å²) in [5.41, 5.74) is 0. The number of hydrogen-bond donors (Lipinski definition) is 1. The van der Waals surface area contributed by atoms with Crippen LogP contribution in [-0.4, -0.2) is 35.6 Å². The number of rotatable bonds is 2. The molecule has 1 amide bonds. The minimum Gasteiger partial charge on any atom is -0.396 e. The Morgan fingerprint density at radius 2 is 2.54 bits per heavy atom. The highest BCUT2D eigenvalue weighted by molar-refractivity contribution is 5.81. The third-order valence-electron chi connectivity index (χ3n) is 2.42. The van der Waals surface area contributed by atoms with Crippen LogP contribution in [0.4, 0.5) is 0 Å². The van der Waals surface area contributed by atoms with Crippen molar-refractivity contribution in [2.45, 2.75) is 13.3 Å². The van der Waals surface area contributed by atoms with Crippen molar-refractivity contribution >= 4 is 5.91 Å². The van der Waals surface area contributed by atoms with Crippen molar-refractivity contribution in [2.75, 3.05) is 19.7 Å². The van der Waals surface area contributed by atoms with E-state index in [0.29, 0.717) is 13.1 Å². The first-order valence-electron chi connectivity index (χ1n) is 4.48. The van der Waals surface area contributed by atoms with Crippen molar-refractivity contribution in [3.63, 3.8) is 0 Å². The Bertz CT molecular complexity index is 234. The van der Waals surface area contributed by atoms with Gasteiger partial charge < -0.3 is 10.0 Å². The number of nitriles is 1. The standard InChI is InChI=1S/C9H14N2O2/c1-7(4-10)9(13)11-3-2-8(5-11)6-12/h7-8,12H,2-3,5-6H2,1H3/t7?,8-/m1/s1. The van der Waals surface area contributed by atoms with Crippen molar-refractivity contribution in [1.82, 2.24) is 4.90 Å². The average molecular weight is 182 g/mol. The van der Waals surface area contributed by atoms with Gasteiger partial charge in [0.15, 0.2) is 0 Å². The molecule has 1 fully saturated rings. The summed E-state index contributed by atoms with van der Waals surface area (Å²) in [6.07, 6.45) is 0.848. The van der Waals surface area contributed by atoms with Crippen LogP contribution in [0.5, 0.6) is 0 Å². The van der Waals surface area contributed by atoms with Gasteiger partial charge in [0.2, 0.25) is 5.91 Å². The Balaban J connectivity index is 2.47. The van der Waals surface area contributed by atoms with Gasteiger partial charge in [-0.25, -0.2) is 0 Å². The van der Waals surface area contributed by atoms with Gasteiger partial charge in [0.05, 0.1) is 6.07 Å². The van der Waals surface area contributed by atoms with Gasteiger partial charge in [0.25, 0.3) is 0 Å². The van der Waals surface area contributed by atoms with Crippen molar-refractivity contribution < 1.29 is 9.90 Å². The summed E-state index contributed by atoms with van der Waals surface area (Å²) in [6.45, 7) is 3.01. The van der Waals surface area contributed by atoms with Crippen LogP contribution in [0.2, 0.25) is 0 Å². The zero-order valence-corrected chi connectivity index (χ0v) is 7.73. The van der Waals surface area contributed by atoms with Gasteiger partial charge in [-0.15, -0.1) is 0 Å². The van der Waals surface area contributed by atoms with Crippen LogP contribution in [0, 0.1) is 23.2 Å². The summed E-state index contributed by atoms with van der Waals surface area (Å²) < 4.78 is 0. The number of likely N-dealkylation sites (tertiary alicyclic amines) is 1. The molecule has 0 aliphatic carbocycles. The number of nitrogens with zero attached hydrogens (tertiary/aromatic N) is 2. The number of carbonyl (C=O) groups excluding carboxylic acids is 1. The zero-order chi connectivity index (χ0) is 9.84. The number of aliphatic hydroxyl groups is 1. The maximum atomic E-state index is 11.5. The summed E-state index contributed by atoms with van der Waals surface area (Å²) >= 11 is 0. The molecule has 1 rings (SSSR count). The Labute approximate surface area is 77.8 Å². The number of aliphatic hydroxyl groups excluding tert-OH is 1. The van der Waals surface area contributed by atoms with E-state index in [4.69, 9.17) is 10.4 Å². The second-order valence-electron chi connectivity index (χ2n) is 3.47. The normalized spacial score (nSPS) is 24.1. The summed E-state index contributed by atoms with van der Waals surface area (Å²) in [4.78, 5) is 13.1. The molecular formula is C9H14N2O2. The van der Waals surface area contributed by atoms with E-state index in [1.807, 2.05) is 6.07 Å². The predicted molar refractivity (Wildman–Crippen MR) is 46.5 cm³/mol. The lowest BCUT2D eigenvalue weighted by molar-refractivity contribution is -0.132. The van der Waals surface area contributed by atoms with E-state index >= 15 is 0 Å². The second-order valence-corrected chi connectivity index (χ2v) is 3.47. The molecule has 1 unspecified atom stereocenters. The topological polar surface area (TPSA) is 64.3 Å². The zero-order valence-electron chi connectivity index (χ0n) is 7.73. The fourth-order valence-electron chi connectivity index (χ4n) is 1.51. The third kappa shape index (κ3) is 2.19. The molecule has 0 aromatic carbocycles. The van der Waals surface area contributed by atoms with Crippen LogP contribution in [0.3, 0.4) is 0 Å². The molecule has 1 heterocycles. The van der Waals surface area contributed by atoms with Crippen molar-refractivity contribution in [2.24, 2.45) is 11.8 Å². The van der Waals surface area contributed by atoms with Gasteiger partial charge in [-0.1, -0.05) is 0 Å². The number of carbonyl (C=O) groups is 1. The molecule has 0 bridgehead atoms. The van der Waals surface area contributed by atoms with Gasteiger partial charge in [-0.3, -0.25) is 4.79 Å². The third-order valence-corrected chi connectivity index (χ3v) is 2.42. The van der Waals surface area contributed by atoms with E-state index in [2.05, 4.69) is 0 Å². The molecule has 0 aromatic rings. The molecule has 1 aliphatic heterocycles. The van der Waals surface area contributed by atoms with E-state index in [-0.39, 0.29) is 18.4 Å². The highest BCUT2D eigenvalue weighted by atomic mass is 16.3. The van der Waals surface area contributed by atoms with Gasteiger partial charge in [0.1, 0.15) is 5.92 Å². The van der Waals surface area contributed by atoms with Crippen LogP contribution in [0.1, 0.15) is 13.3 Å². The number of hydrogen-bond acceptors (Lipinski definition) is 3. The van der Waals surface area contributed by atoms with Crippen LogP contribution in [-0.2, 0) is 4.79 Å². The quantitative estimate of drug-likeness (QED) is 0.653. The Kier molecular flexibility index (Phi) is 3.26. The fraction of sp³-hybridized carbons (Fsp3) is 0.778. The molecule has 2 atom stereocenters. The highest BCUT2D eigenvalue weighted by Gasteiger charge is 2.28. The SMILES string of the molecule is CC(C#N)C(=O)N1CC[C@@H](CO)C1. The largest absolute Gasteiger partial charge is 0.396 e. The van der Waals surface area contributed by atoms with Gasteiger partial charge in [0, 0.05) is 25.6 Å². The maximum Gasteiger partial charge on any atom is 0.239 e. The summed E-state index contributed by atoms with van der Waals surface area (Å²) in [5, 5.41) is 17.4. The average Bonchev–Trinajstić information content (AvgIpc) is 2.63. The van der Waals surface area contributed by atoms with E-state index in [1.165, 1.54) is 0 Å². The summed E-state index contributed by atoms with van der Waals surface area (Å²) in [6, 6.07) is 1.92. The lowest BCUT2D eigenvalue weighted by Gasteiger charge is -2.16. The number of amides is 1. The van der Waals surface area contributed by atoms with Crippen LogP contribution in [0.15, 0.2) is 0 Å². The Morgan fingerprint density at radius 3 is 3.00 bits per heavy atom. The van der Waals surface area contributed by atoms with Gasteiger partial charge in [-0.2, -0.15) is 5.26 Å². The second kappa shape index (κ2) is 4.24. The molecule has 72 valence electrons. The van der Waals surface area contributed by atoms with E-state index < -0.39 is 5.92 Å². The Hall–Kier alpha value is -1.08. The molecule has 0 saturated carbocycles. The monoisotopic (exact) mass is 182 g/mol. The highest BCUT2D eigenvalue weighted by Crippen LogP contribution is 2.17. The molecule has 1 saturated heterocycles. The van der Waals surface area contributed by atoms with E-state index in [1.54, 1.807) is 11.8 Å². The molecule has 4 nitrogen and oxygen atoms in total. The Morgan fingerprint density at radius 1 is 1.85 bits per heavy atom. The minimum absolute atomic E-state index is 0.113.